The molecule has 2 N–H and O–H groups in total. The van der Waals surface area contributed by atoms with Crippen molar-refractivity contribution in [1.29, 1.82) is 0 Å². The molecule has 3 aromatic rings. The average molecular weight is 378 g/mol. The molecule has 1 amide bonds. The van der Waals surface area contributed by atoms with Gasteiger partial charge in [0, 0.05) is 11.3 Å². The van der Waals surface area contributed by atoms with Crippen LogP contribution in [0.4, 0.5) is 0 Å². The second-order valence-corrected chi connectivity index (χ2v) is 6.42. The average Bonchev–Trinajstić information content (AvgIpc) is 3.00. The van der Waals surface area contributed by atoms with Crippen LogP contribution in [0.1, 0.15) is 32.9 Å². The van der Waals surface area contributed by atoms with E-state index in [0.29, 0.717) is 23.4 Å². The lowest BCUT2D eigenvalue weighted by molar-refractivity contribution is 0.0955. The van der Waals surface area contributed by atoms with E-state index in [1.54, 1.807) is 18.2 Å². The Bertz CT molecular complexity index is 1020. The van der Waals surface area contributed by atoms with Crippen molar-refractivity contribution >= 4 is 12.1 Å². The summed E-state index contributed by atoms with van der Waals surface area (Å²) in [6.07, 6.45) is 1.49. The van der Waals surface area contributed by atoms with Crippen molar-refractivity contribution in [3.05, 3.63) is 76.6 Å². The van der Waals surface area contributed by atoms with Crippen LogP contribution in [0, 0.1) is 13.8 Å². The van der Waals surface area contributed by atoms with Crippen molar-refractivity contribution in [2.24, 2.45) is 5.10 Å². The molecule has 0 radical (unpaired) electrons. The number of ether oxygens (including phenoxy) is 1. The molecule has 2 aromatic carbocycles. The molecule has 0 saturated carbocycles. The number of methoxy groups -OCH3 is 1. The van der Waals surface area contributed by atoms with E-state index in [1.165, 1.54) is 19.4 Å². The van der Waals surface area contributed by atoms with E-state index in [4.69, 9.17) is 4.74 Å². The number of amides is 1. The first-order chi connectivity index (χ1) is 13.5. The minimum absolute atomic E-state index is 0.0445. The van der Waals surface area contributed by atoms with Crippen LogP contribution in [0.25, 0.3) is 0 Å². The molecule has 0 aliphatic rings. The van der Waals surface area contributed by atoms with E-state index >= 15 is 0 Å². The second kappa shape index (κ2) is 8.39. The van der Waals surface area contributed by atoms with Gasteiger partial charge >= 0.3 is 0 Å². The first-order valence-corrected chi connectivity index (χ1v) is 8.76. The molecule has 0 fully saturated rings. The number of phenols is 1. The molecule has 0 unspecified atom stereocenters. The topological polar surface area (TPSA) is 88.7 Å². The summed E-state index contributed by atoms with van der Waals surface area (Å²) in [6.45, 7) is 4.55. The Morgan fingerprint density at radius 3 is 2.79 bits per heavy atom. The van der Waals surface area contributed by atoms with Gasteiger partial charge in [0.15, 0.2) is 11.5 Å². The summed E-state index contributed by atoms with van der Waals surface area (Å²) in [7, 11) is 1.47. The third kappa shape index (κ3) is 4.56. The van der Waals surface area contributed by atoms with Crippen LogP contribution in [-0.4, -0.2) is 34.1 Å². The Morgan fingerprint density at radius 2 is 2.07 bits per heavy atom. The van der Waals surface area contributed by atoms with Crippen molar-refractivity contribution in [1.82, 2.24) is 15.2 Å². The Morgan fingerprint density at radius 1 is 1.25 bits per heavy atom. The number of rotatable bonds is 6. The zero-order valence-corrected chi connectivity index (χ0v) is 16.0. The van der Waals surface area contributed by atoms with Crippen LogP contribution < -0.4 is 10.2 Å². The second-order valence-electron chi connectivity index (χ2n) is 6.42. The molecule has 7 nitrogen and oxygen atoms in total. The Kier molecular flexibility index (Phi) is 5.74. The van der Waals surface area contributed by atoms with Gasteiger partial charge in [-0.1, -0.05) is 12.1 Å². The molecule has 7 heteroatoms. The molecule has 3 rings (SSSR count). The summed E-state index contributed by atoms with van der Waals surface area (Å²) >= 11 is 0. The van der Waals surface area contributed by atoms with Crippen LogP contribution in [-0.2, 0) is 6.54 Å². The SMILES string of the molecule is COc1cc(/C=N\NC(=O)c2cccc(Cn3nc(C)cc3C)c2)ccc1O. The molecule has 28 heavy (non-hydrogen) atoms. The number of hydrogen-bond donors (Lipinski definition) is 2. The van der Waals surface area contributed by atoms with Crippen molar-refractivity contribution in [3.8, 4) is 11.5 Å². The van der Waals surface area contributed by atoms with Gasteiger partial charge in [0.05, 0.1) is 25.6 Å². The van der Waals surface area contributed by atoms with Crippen LogP contribution in [0.3, 0.4) is 0 Å². The molecule has 0 aliphatic heterocycles. The predicted molar refractivity (Wildman–Crippen MR) is 107 cm³/mol. The molecule has 0 bridgehead atoms. The smallest absolute Gasteiger partial charge is 0.271 e. The standard InChI is InChI=1S/C21H22N4O3/c1-14-9-15(2)25(24-14)13-17-5-4-6-18(10-17)21(27)23-22-12-16-7-8-19(26)20(11-16)28-3/h4-12,26H,13H2,1-3H3,(H,23,27)/b22-12-. The van der Waals surface area contributed by atoms with Gasteiger partial charge in [-0.2, -0.15) is 10.2 Å². The van der Waals surface area contributed by atoms with Gasteiger partial charge in [-0.05, 0) is 61.4 Å². The van der Waals surface area contributed by atoms with Gasteiger partial charge in [0.2, 0.25) is 0 Å². The van der Waals surface area contributed by atoms with Crippen LogP contribution in [0.2, 0.25) is 0 Å². The van der Waals surface area contributed by atoms with Gasteiger partial charge in [-0.15, -0.1) is 0 Å². The highest BCUT2D eigenvalue weighted by molar-refractivity contribution is 5.95. The number of carbonyl (C=O) groups excluding carboxylic acids is 1. The van der Waals surface area contributed by atoms with E-state index in [9.17, 15) is 9.90 Å². The summed E-state index contributed by atoms with van der Waals surface area (Å²) in [4.78, 5) is 12.4. The summed E-state index contributed by atoms with van der Waals surface area (Å²) in [6, 6.07) is 14.2. The lowest BCUT2D eigenvalue weighted by Gasteiger charge is -2.07. The normalized spacial score (nSPS) is 11.0. The number of aromatic hydroxyl groups is 1. The van der Waals surface area contributed by atoms with Gasteiger partial charge in [-0.25, -0.2) is 5.43 Å². The van der Waals surface area contributed by atoms with E-state index in [1.807, 2.05) is 42.8 Å². The lowest BCUT2D eigenvalue weighted by Crippen LogP contribution is -2.18. The fourth-order valence-corrected chi connectivity index (χ4v) is 2.82. The third-order valence-corrected chi connectivity index (χ3v) is 4.21. The van der Waals surface area contributed by atoms with E-state index < -0.39 is 0 Å². The maximum absolute atomic E-state index is 12.4. The minimum atomic E-state index is -0.308. The van der Waals surface area contributed by atoms with Crippen molar-refractivity contribution in [2.75, 3.05) is 7.11 Å². The van der Waals surface area contributed by atoms with Gasteiger partial charge in [0.1, 0.15) is 0 Å². The molecular formula is C21H22N4O3. The Hall–Kier alpha value is -3.61. The van der Waals surface area contributed by atoms with Gasteiger partial charge < -0.3 is 9.84 Å². The van der Waals surface area contributed by atoms with E-state index in [-0.39, 0.29) is 11.7 Å². The third-order valence-electron chi connectivity index (χ3n) is 4.21. The number of phenolic OH excluding ortho intramolecular Hbond substituents is 1. The largest absolute Gasteiger partial charge is 0.504 e. The Labute approximate surface area is 163 Å². The minimum Gasteiger partial charge on any atom is -0.504 e. The van der Waals surface area contributed by atoms with Crippen LogP contribution >= 0.6 is 0 Å². The highest BCUT2D eigenvalue weighted by Crippen LogP contribution is 2.25. The van der Waals surface area contributed by atoms with Crippen molar-refractivity contribution in [2.45, 2.75) is 20.4 Å². The molecule has 0 aliphatic carbocycles. The molecule has 144 valence electrons. The zero-order chi connectivity index (χ0) is 20.1. The summed E-state index contributed by atoms with van der Waals surface area (Å²) in [5.41, 5.74) is 6.73. The molecule has 1 heterocycles. The van der Waals surface area contributed by atoms with Gasteiger partial charge in [0.25, 0.3) is 5.91 Å². The molecule has 1 aromatic heterocycles. The monoisotopic (exact) mass is 378 g/mol. The van der Waals surface area contributed by atoms with E-state index in [2.05, 4.69) is 15.6 Å². The van der Waals surface area contributed by atoms with Crippen LogP contribution in [0.5, 0.6) is 11.5 Å². The molecule has 0 spiro atoms. The highest BCUT2D eigenvalue weighted by Gasteiger charge is 2.07. The predicted octanol–water partition coefficient (Wildman–Crippen LogP) is 3.03. The fourth-order valence-electron chi connectivity index (χ4n) is 2.82. The first kappa shape index (κ1) is 19.2. The zero-order valence-electron chi connectivity index (χ0n) is 16.0. The lowest BCUT2D eigenvalue weighted by atomic mass is 10.1. The molecule has 0 saturated heterocycles. The number of nitrogens with zero attached hydrogens (tertiary/aromatic N) is 3. The number of aromatic nitrogens is 2. The van der Waals surface area contributed by atoms with Gasteiger partial charge in [-0.3, -0.25) is 9.48 Å². The maximum atomic E-state index is 12.4. The number of hydrogen-bond acceptors (Lipinski definition) is 5. The number of nitrogens with one attached hydrogen (secondary N) is 1. The highest BCUT2D eigenvalue weighted by atomic mass is 16.5. The van der Waals surface area contributed by atoms with Crippen molar-refractivity contribution < 1.29 is 14.6 Å². The van der Waals surface area contributed by atoms with Crippen molar-refractivity contribution in [3.63, 3.8) is 0 Å². The van der Waals surface area contributed by atoms with Crippen LogP contribution in [0.15, 0.2) is 53.6 Å². The maximum Gasteiger partial charge on any atom is 0.271 e. The van der Waals surface area contributed by atoms with E-state index in [0.717, 1.165) is 17.0 Å². The molecule has 0 atom stereocenters. The number of aryl methyl sites for hydroxylation is 2. The summed E-state index contributed by atoms with van der Waals surface area (Å²) < 4.78 is 6.95. The summed E-state index contributed by atoms with van der Waals surface area (Å²) in [5.74, 6) is 0.0763. The molecular weight excluding hydrogens is 356 g/mol. The fraction of sp³-hybridized carbons (Fsp3) is 0.190. The summed E-state index contributed by atoms with van der Waals surface area (Å²) in [5, 5.41) is 18.0. The number of carbonyl (C=O) groups is 1. The first-order valence-electron chi connectivity index (χ1n) is 8.76. The number of benzene rings is 2. The Balaban J connectivity index is 1.67. The number of hydrazone groups is 1. The quantitative estimate of drug-likeness (QED) is 0.510.